The molecule has 0 saturated carbocycles. The summed E-state index contributed by atoms with van der Waals surface area (Å²) in [6.45, 7) is 0.492. The first kappa shape index (κ1) is 14.7. The SMILES string of the molecule is Cn1ccnc1CNc1cc(NS(C)(=O)=O)ccc1Cl. The Kier molecular flexibility index (Phi) is 4.20. The van der Waals surface area contributed by atoms with Crippen LogP contribution in [0, 0.1) is 0 Å². The predicted molar refractivity (Wildman–Crippen MR) is 80.5 cm³/mol. The maximum Gasteiger partial charge on any atom is 0.229 e. The van der Waals surface area contributed by atoms with Crippen LogP contribution in [0.25, 0.3) is 0 Å². The number of sulfonamides is 1. The number of anilines is 2. The van der Waals surface area contributed by atoms with Crippen LogP contribution in [-0.4, -0.2) is 24.2 Å². The van der Waals surface area contributed by atoms with Gasteiger partial charge in [0.05, 0.1) is 29.2 Å². The first-order chi connectivity index (χ1) is 9.35. The number of hydrogen-bond donors (Lipinski definition) is 2. The molecule has 1 heterocycles. The molecule has 0 atom stereocenters. The van der Waals surface area contributed by atoms with Crippen molar-refractivity contribution in [2.75, 3.05) is 16.3 Å². The third-order valence-corrected chi connectivity index (χ3v) is 3.56. The highest BCUT2D eigenvalue weighted by Crippen LogP contribution is 2.26. The Morgan fingerprint density at radius 3 is 2.75 bits per heavy atom. The molecule has 1 aromatic heterocycles. The van der Waals surface area contributed by atoms with Crippen molar-refractivity contribution in [1.82, 2.24) is 9.55 Å². The van der Waals surface area contributed by atoms with Crippen molar-refractivity contribution in [3.05, 3.63) is 41.4 Å². The number of halogens is 1. The predicted octanol–water partition coefficient (Wildman–Crippen LogP) is 2.06. The topological polar surface area (TPSA) is 76.0 Å². The lowest BCUT2D eigenvalue weighted by Crippen LogP contribution is -2.10. The Bertz CT molecular complexity index is 712. The van der Waals surface area contributed by atoms with Gasteiger partial charge in [0.1, 0.15) is 5.82 Å². The summed E-state index contributed by atoms with van der Waals surface area (Å²) in [4.78, 5) is 4.19. The molecule has 0 aliphatic rings. The van der Waals surface area contributed by atoms with Crippen LogP contribution in [0.4, 0.5) is 11.4 Å². The fraction of sp³-hybridized carbons (Fsp3) is 0.250. The minimum absolute atomic E-state index is 0.458. The van der Waals surface area contributed by atoms with Crippen LogP contribution >= 0.6 is 11.6 Å². The van der Waals surface area contributed by atoms with Gasteiger partial charge in [0.15, 0.2) is 0 Å². The molecule has 0 amide bonds. The van der Waals surface area contributed by atoms with Crippen LogP contribution in [0.3, 0.4) is 0 Å². The second-order valence-corrected chi connectivity index (χ2v) is 6.53. The van der Waals surface area contributed by atoms with Crippen molar-refractivity contribution in [2.24, 2.45) is 7.05 Å². The van der Waals surface area contributed by atoms with Gasteiger partial charge in [0.25, 0.3) is 0 Å². The van der Waals surface area contributed by atoms with Crippen molar-refractivity contribution >= 4 is 33.0 Å². The fourth-order valence-electron chi connectivity index (χ4n) is 1.68. The maximum atomic E-state index is 11.2. The van der Waals surface area contributed by atoms with E-state index in [0.29, 0.717) is 22.9 Å². The van der Waals surface area contributed by atoms with Crippen molar-refractivity contribution in [3.8, 4) is 0 Å². The summed E-state index contributed by atoms with van der Waals surface area (Å²) >= 11 is 6.08. The van der Waals surface area contributed by atoms with Crippen molar-refractivity contribution in [1.29, 1.82) is 0 Å². The van der Waals surface area contributed by atoms with Crippen LogP contribution in [0.5, 0.6) is 0 Å². The third-order valence-electron chi connectivity index (χ3n) is 2.63. The highest BCUT2D eigenvalue weighted by atomic mass is 35.5. The van der Waals surface area contributed by atoms with E-state index in [4.69, 9.17) is 11.6 Å². The summed E-state index contributed by atoms with van der Waals surface area (Å²) in [5.41, 5.74) is 1.10. The number of rotatable bonds is 5. The second kappa shape index (κ2) is 5.72. The van der Waals surface area contributed by atoms with Gasteiger partial charge in [-0.05, 0) is 18.2 Å². The fourth-order valence-corrected chi connectivity index (χ4v) is 2.42. The molecular formula is C12H15ClN4O2S. The van der Waals surface area contributed by atoms with Gasteiger partial charge in [0.2, 0.25) is 10.0 Å². The molecule has 0 aliphatic carbocycles. The average Bonchev–Trinajstić information content (AvgIpc) is 2.74. The number of aromatic nitrogens is 2. The van der Waals surface area contributed by atoms with Gasteiger partial charge < -0.3 is 9.88 Å². The molecule has 0 radical (unpaired) electrons. The molecule has 6 nitrogen and oxygen atoms in total. The summed E-state index contributed by atoms with van der Waals surface area (Å²) in [5.74, 6) is 0.850. The van der Waals surface area contributed by atoms with Crippen LogP contribution in [0.1, 0.15) is 5.82 Å². The van der Waals surface area contributed by atoms with E-state index in [1.165, 1.54) is 0 Å². The number of nitrogens with one attached hydrogen (secondary N) is 2. The quantitative estimate of drug-likeness (QED) is 0.885. The molecule has 0 spiro atoms. The lowest BCUT2D eigenvalue weighted by molar-refractivity contribution is 0.607. The van der Waals surface area contributed by atoms with Crippen LogP contribution < -0.4 is 10.0 Å². The lowest BCUT2D eigenvalue weighted by atomic mass is 10.3. The standard InChI is InChI=1S/C12H15ClN4O2S/c1-17-6-5-14-12(17)8-15-11-7-9(3-4-10(11)13)16-20(2,18)19/h3-7,15-16H,8H2,1-2H3. The first-order valence-electron chi connectivity index (χ1n) is 5.82. The zero-order valence-corrected chi connectivity index (χ0v) is 12.7. The summed E-state index contributed by atoms with van der Waals surface area (Å²) < 4.78 is 26.7. The average molecular weight is 315 g/mol. The van der Waals surface area contributed by atoms with E-state index in [9.17, 15) is 8.42 Å². The molecule has 8 heteroatoms. The normalized spacial score (nSPS) is 11.3. The van der Waals surface area contributed by atoms with E-state index in [0.717, 1.165) is 12.1 Å². The van der Waals surface area contributed by atoms with Gasteiger partial charge in [-0.1, -0.05) is 11.6 Å². The number of nitrogens with zero attached hydrogens (tertiary/aromatic N) is 2. The lowest BCUT2D eigenvalue weighted by Gasteiger charge is -2.11. The Hall–Kier alpha value is -1.73. The van der Waals surface area contributed by atoms with E-state index >= 15 is 0 Å². The first-order valence-corrected chi connectivity index (χ1v) is 8.09. The minimum Gasteiger partial charge on any atom is -0.377 e. The van der Waals surface area contributed by atoms with Crippen molar-refractivity contribution in [2.45, 2.75) is 6.54 Å². The molecule has 2 N–H and O–H groups in total. The Balaban J connectivity index is 2.15. The molecule has 0 unspecified atom stereocenters. The van der Waals surface area contributed by atoms with Crippen molar-refractivity contribution < 1.29 is 8.42 Å². The molecule has 0 saturated heterocycles. The van der Waals surface area contributed by atoms with Gasteiger partial charge in [0, 0.05) is 19.4 Å². The van der Waals surface area contributed by atoms with E-state index in [1.54, 1.807) is 24.4 Å². The van der Waals surface area contributed by atoms with Gasteiger partial charge >= 0.3 is 0 Å². The highest BCUT2D eigenvalue weighted by Gasteiger charge is 2.07. The molecule has 0 bridgehead atoms. The van der Waals surface area contributed by atoms with Crippen LogP contribution in [0.2, 0.25) is 5.02 Å². The van der Waals surface area contributed by atoms with Gasteiger partial charge in [-0.2, -0.15) is 0 Å². The maximum absolute atomic E-state index is 11.2. The molecule has 20 heavy (non-hydrogen) atoms. The molecule has 1 aromatic carbocycles. The van der Waals surface area contributed by atoms with E-state index in [1.807, 2.05) is 17.8 Å². The zero-order chi connectivity index (χ0) is 14.8. The Morgan fingerprint density at radius 1 is 1.40 bits per heavy atom. The van der Waals surface area contributed by atoms with Gasteiger partial charge in [-0.15, -0.1) is 0 Å². The number of imidazole rings is 1. The van der Waals surface area contributed by atoms with E-state index < -0.39 is 10.0 Å². The molecular weight excluding hydrogens is 300 g/mol. The minimum atomic E-state index is -3.31. The zero-order valence-electron chi connectivity index (χ0n) is 11.1. The molecule has 108 valence electrons. The molecule has 2 rings (SSSR count). The highest BCUT2D eigenvalue weighted by molar-refractivity contribution is 7.92. The second-order valence-electron chi connectivity index (χ2n) is 4.38. The van der Waals surface area contributed by atoms with Crippen molar-refractivity contribution in [3.63, 3.8) is 0 Å². The summed E-state index contributed by atoms with van der Waals surface area (Å²) in [7, 11) is -1.41. The molecule has 2 aromatic rings. The summed E-state index contributed by atoms with van der Waals surface area (Å²) in [5, 5.41) is 3.64. The van der Waals surface area contributed by atoms with E-state index in [2.05, 4.69) is 15.0 Å². The summed E-state index contributed by atoms with van der Waals surface area (Å²) in [6.07, 6.45) is 4.66. The van der Waals surface area contributed by atoms with Gasteiger partial charge in [-0.3, -0.25) is 4.72 Å². The Labute approximate surface area is 122 Å². The number of benzene rings is 1. The summed E-state index contributed by atoms with van der Waals surface area (Å²) in [6, 6.07) is 4.89. The van der Waals surface area contributed by atoms with Crippen LogP contribution in [-0.2, 0) is 23.6 Å². The smallest absolute Gasteiger partial charge is 0.229 e. The molecule has 0 fully saturated rings. The third kappa shape index (κ3) is 3.88. The molecule has 0 aliphatic heterocycles. The number of hydrogen-bond acceptors (Lipinski definition) is 4. The van der Waals surface area contributed by atoms with Gasteiger partial charge in [-0.25, -0.2) is 13.4 Å². The van der Waals surface area contributed by atoms with E-state index in [-0.39, 0.29) is 0 Å². The monoisotopic (exact) mass is 314 g/mol. The largest absolute Gasteiger partial charge is 0.377 e. The Morgan fingerprint density at radius 2 is 2.15 bits per heavy atom. The number of aryl methyl sites for hydroxylation is 1. The van der Waals surface area contributed by atoms with Crippen LogP contribution in [0.15, 0.2) is 30.6 Å².